The maximum absolute atomic E-state index is 11.7. The molecule has 0 fully saturated rings. The van der Waals surface area contributed by atoms with E-state index in [1.165, 1.54) is 0 Å². The van der Waals surface area contributed by atoms with Gasteiger partial charge in [0.25, 0.3) is 5.56 Å². The highest BCUT2D eigenvalue weighted by molar-refractivity contribution is 5.30. The van der Waals surface area contributed by atoms with E-state index < -0.39 is 0 Å². The quantitative estimate of drug-likeness (QED) is 0.738. The van der Waals surface area contributed by atoms with E-state index in [4.69, 9.17) is 5.73 Å². The molecule has 3 N–H and O–H groups in total. The van der Waals surface area contributed by atoms with Crippen LogP contribution in [0.3, 0.4) is 0 Å². The lowest BCUT2D eigenvalue weighted by atomic mass is 10.2. The van der Waals surface area contributed by atoms with Gasteiger partial charge >= 0.3 is 0 Å². The van der Waals surface area contributed by atoms with Crippen LogP contribution in [0.1, 0.15) is 20.3 Å². The summed E-state index contributed by atoms with van der Waals surface area (Å²) >= 11 is 0. The molecule has 5 nitrogen and oxygen atoms in total. The van der Waals surface area contributed by atoms with Gasteiger partial charge in [0, 0.05) is 31.5 Å². The van der Waals surface area contributed by atoms with Gasteiger partial charge in [-0.2, -0.15) is 0 Å². The molecule has 0 spiro atoms. The topological polar surface area (TPSA) is 72.9 Å². The van der Waals surface area contributed by atoms with Crippen LogP contribution >= 0.6 is 0 Å². The van der Waals surface area contributed by atoms with Gasteiger partial charge in [-0.3, -0.25) is 4.79 Å². The zero-order valence-corrected chi connectivity index (χ0v) is 9.23. The molecule has 0 bridgehead atoms. The first-order valence-electron chi connectivity index (χ1n) is 5.20. The first-order valence-corrected chi connectivity index (χ1v) is 5.20. The minimum atomic E-state index is -0.0790. The highest BCUT2D eigenvalue weighted by Crippen LogP contribution is 1.94. The minimum absolute atomic E-state index is 0.0790. The van der Waals surface area contributed by atoms with Gasteiger partial charge < -0.3 is 15.6 Å². The number of nitrogens with one attached hydrogen (secondary N) is 1. The molecule has 0 aliphatic heterocycles. The third-order valence-corrected chi connectivity index (χ3v) is 2.15. The smallest absolute Gasteiger partial charge is 0.293 e. The molecule has 0 amide bonds. The molecule has 1 rings (SSSR count). The van der Waals surface area contributed by atoms with Crippen LogP contribution in [0, 0.1) is 0 Å². The standard InChI is InChI=1S/C10H18N4O/c1-3-14-7-6-13-9(10(14)15)12-5-4-8(2)11/h6-8H,3-5,11H2,1-2H3,(H,12,13). The first-order chi connectivity index (χ1) is 7.15. The molecule has 1 atom stereocenters. The predicted molar refractivity (Wildman–Crippen MR) is 60.9 cm³/mol. The second kappa shape index (κ2) is 5.50. The van der Waals surface area contributed by atoms with Crippen molar-refractivity contribution < 1.29 is 0 Å². The molecule has 0 saturated carbocycles. The van der Waals surface area contributed by atoms with Crippen LogP contribution in [0.5, 0.6) is 0 Å². The van der Waals surface area contributed by atoms with E-state index in [0.29, 0.717) is 18.9 Å². The molecule has 0 aromatic carbocycles. The number of nitrogens with two attached hydrogens (primary N) is 1. The average Bonchev–Trinajstić information content (AvgIpc) is 2.20. The van der Waals surface area contributed by atoms with Crippen LogP contribution in [0.2, 0.25) is 0 Å². The summed E-state index contributed by atoms with van der Waals surface area (Å²) in [6.45, 7) is 5.19. The fourth-order valence-corrected chi connectivity index (χ4v) is 1.24. The fraction of sp³-hybridized carbons (Fsp3) is 0.600. The van der Waals surface area contributed by atoms with Crippen molar-refractivity contribution in [3.8, 4) is 0 Å². The van der Waals surface area contributed by atoms with Gasteiger partial charge in [-0.1, -0.05) is 0 Å². The van der Waals surface area contributed by atoms with Gasteiger partial charge in [-0.15, -0.1) is 0 Å². The van der Waals surface area contributed by atoms with Gasteiger partial charge in [0.2, 0.25) is 0 Å². The highest BCUT2D eigenvalue weighted by Gasteiger charge is 2.02. The van der Waals surface area contributed by atoms with Gasteiger partial charge in [0.05, 0.1) is 0 Å². The molecule has 15 heavy (non-hydrogen) atoms. The van der Waals surface area contributed by atoms with Crippen molar-refractivity contribution in [2.75, 3.05) is 11.9 Å². The maximum atomic E-state index is 11.7. The number of aryl methyl sites for hydroxylation is 1. The lowest BCUT2D eigenvalue weighted by Crippen LogP contribution is -2.26. The molecule has 1 aromatic heterocycles. The van der Waals surface area contributed by atoms with Crippen LogP contribution in [0.25, 0.3) is 0 Å². The van der Waals surface area contributed by atoms with Crippen molar-refractivity contribution in [3.05, 3.63) is 22.7 Å². The molecule has 0 saturated heterocycles. The fourth-order valence-electron chi connectivity index (χ4n) is 1.24. The SMILES string of the molecule is CCn1ccnc(NCCC(C)N)c1=O. The van der Waals surface area contributed by atoms with Crippen molar-refractivity contribution >= 4 is 5.82 Å². The third-order valence-electron chi connectivity index (χ3n) is 2.15. The monoisotopic (exact) mass is 210 g/mol. The Morgan fingerprint density at radius 3 is 3.00 bits per heavy atom. The van der Waals surface area contributed by atoms with Crippen molar-refractivity contribution in [1.82, 2.24) is 9.55 Å². The Hall–Kier alpha value is -1.36. The van der Waals surface area contributed by atoms with Gasteiger partial charge in [0.15, 0.2) is 5.82 Å². The van der Waals surface area contributed by atoms with E-state index in [-0.39, 0.29) is 11.6 Å². The Labute approximate surface area is 89.3 Å². The normalized spacial score (nSPS) is 12.5. The molecular weight excluding hydrogens is 192 g/mol. The molecule has 84 valence electrons. The van der Waals surface area contributed by atoms with E-state index >= 15 is 0 Å². The maximum Gasteiger partial charge on any atom is 0.293 e. The predicted octanol–water partition coefficient (Wildman–Crippen LogP) is 0.412. The van der Waals surface area contributed by atoms with Crippen LogP contribution in [0.4, 0.5) is 5.82 Å². The van der Waals surface area contributed by atoms with Gasteiger partial charge in [-0.05, 0) is 20.3 Å². The van der Waals surface area contributed by atoms with Crippen molar-refractivity contribution in [3.63, 3.8) is 0 Å². The Morgan fingerprint density at radius 1 is 1.67 bits per heavy atom. The largest absolute Gasteiger partial charge is 0.365 e. The summed E-state index contributed by atoms with van der Waals surface area (Å²) in [5.41, 5.74) is 5.53. The molecular formula is C10H18N4O. The molecule has 1 heterocycles. The molecule has 5 heteroatoms. The van der Waals surface area contributed by atoms with Crippen LogP contribution < -0.4 is 16.6 Å². The van der Waals surface area contributed by atoms with E-state index in [9.17, 15) is 4.79 Å². The summed E-state index contributed by atoms with van der Waals surface area (Å²) in [7, 11) is 0. The number of aromatic nitrogens is 2. The zero-order chi connectivity index (χ0) is 11.3. The van der Waals surface area contributed by atoms with E-state index in [1.54, 1.807) is 17.0 Å². The summed E-state index contributed by atoms with van der Waals surface area (Å²) in [6.07, 6.45) is 4.13. The third kappa shape index (κ3) is 3.36. The van der Waals surface area contributed by atoms with Gasteiger partial charge in [-0.25, -0.2) is 4.98 Å². The number of hydrogen-bond donors (Lipinski definition) is 2. The van der Waals surface area contributed by atoms with E-state index in [0.717, 1.165) is 6.42 Å². The van der Waals surface area contributed by atoms with E-state index in [1.807, 2.05) is 13.8 Å². The van der Waals surface area contributed by atoms with Crippen molar-refractivity contribution in [2.24, 2.45) is 5.73 Å². The van der Waals surface area contributed by atoms with Crippen LogP contribution in [0.15, 0.2) is 17.2 Å². The van der Waals surface area contributed by atoms with Crippen LogP contribution in [-0.4, -0.2) is 22.1 Å². The zero-order valence-electron chi connectivity index (χ0n) is 9.23. The molecule has 1 aromatic rings. The second-order valence-corrected chi connectivity index (χ2v) is 3.56. The summed E-state index contributed by atoms with van der Waals surface area (Å²) in [4.78, 5) is 15.7. The second-order valence-electron chi connectivity index (χ2n) is 3.56. The van der Waals surface area contributed by atoms with Crippen molar-refractivity contribution in [2.45, 2.75) is 32.9 Å². The molecule has 1 unspecified atom stereocenters. The molecule has 0 radical (unpaired) electrons. The highest BCUT2D eigenvalue weighted by atomic mass is 16.1. The Morgan fingerprint density at radius 2 is 2.40 bits per heavy atom. The lowest BCUT2D eigenvalue weighted by molar-refractivity contribution is 0.683. The number of nitrogens with zero attached hydrogens (tertiary/aromatic N) is 2. The summed E-state index contributed by atoms with van der Waals surface area (Å²) in [6, 6.07) is 0.134. The Kier molecular flexibility index (Phi) is 4.30. The Balaban J connectivity index is 2.65. The molecule has 0 aliphatic rings. The minimum Gasteiger partial charge on any atom is -0.365 e. The Bertz CT molecular complexity index is 359. The molecule has 0 aliphatic carbocycles. The average molecular weight is 210 g/mol. The summed E-state index contributed by atoms with van der Waals surface area (Å²) in [5, 5.41) is 2.99. The summed E-state index contributed by atoms with van der Waals surface area (Å²) in [5.74, 6) is 0.403. The van der Waals surface area contributed by atoms with E-state index in [2.05, 4.69) is 10.3 Å². The number of hydrogen-bond acceptors (Lipinski definition) is 4. The van der Waals surface area contributed by atoms with Crippen molar-refractivity contribution in [1.29, 1.82) is 0 Å². The number of anilines is 1. The van der Waals surface area contributed by atoms with Crippen LogP contribution in [-0.2, 0) is 6.54 Å². The van der Waals surface area contributed by atoms with Gasteiger partial charge in [0.1, 0.15) is 0 Å². The lowest BCUT2D eigenvalue weighted by Gasteiger charge is -2.08. The summed E-state index contributed by atoms with van der Waals surface area (Å²) < 4.78 is 1.61. The first kappa shape index (κ1) is 11.7. The number of rotatable bonds is 5.